The average Bonchev–Trinajstić information content (AvgIpc) is 2.39. The van der Waals surface area contributed by atoms with E-state index >= 15 is 0 Å². The largest absolute Gasteiger partial charge is 0.508 e. The minimum absolute atomic E-state index is 0.596. The van der Waals surface area contributed by atoms with Crippen LogP contribution in [0.1, 0.15) is 24.0 Å². The Balaban J connectivity index is 2.48. The maximum Gasteiger partial charge on any atom is 0.508 e. The van der Waals surface area contributed by atoms with Crippen LogP contribution < -0.4 is 0 Å². The second-order valence-corrected chi connectivity index (χ2v) is 4.68. The summed E-state index contributed by atoms with van der Waals surface area (Å²) in [5.41, 5.74) is 1.56. The predicted octanol–water partition coefficient (Wildman–Crippen LogP) is 3.22. The summed E-state index contributed by atoms with van der Waals surface area (Å²) in [5, 5.41) is 19.3. The lowest BCUT2D eigenvalue weighted by molar-refractivity contribution is -0.168. The van der Waals surface area contributed by atoms with Gasteiger partial charge in [-0.2, -0.15) is 0 Å². The Morgan fingerprint density at radius 2 is 1.40 bits per heavy atom. The zero-order valence-electron chi connectivity index (χ0n) is 11.1. The Hall–Kier alpha value is -2.33. The fraction of sp³-hybridized carbons (Fsp3) is 0.188. The fourth-order valence-corrected chi connectivity index (χ4v) is 2.34. The molecular formula is C16H16O4. The number of carbonyl (C=O) groups is 1. The van der Waals surface area contributed by atoms with Crippen LogP contribution in [0, 0.1) is 0 Å². The van der Waals surface area contributed by atoms with Gasteiger partial charge >= 0.3 is 6.16 Å². The van der Waals surface area contributed by atoms with Crippen molar-refractivity contribution in [3.63, 3.8) is 0 Å². The molecular weight excluding hydrogens is 256 g/mol. The van der Waals surface area contributed by atoms with E-state index in [0.29, 0.717) is 0 Å². The standard InChI is InChI=1S/C16H16O4/c1-16(19,20-15(17)18)14(12-8-4-2-5-9-12)13-10-6-3-7-11-13/h2-11,14,19H,1H3,(H,17,18). The number of aliphatic hydroxyl groups is 1. The molecule has 1 unspecified atom stereocenters. The molecule has 0 aliphatic carbocycles. The molecule has 1 atom stereocenters. The summed E-state index contributed by atoms with van der Waals surface area (Å²) in [5.74, 6) is -2.45. The Morgan fingerprint density at radius 1 is 1.00 bits per heavy atom. The maximum absolute atomic E-state index is 10.8. The summed E-state index contributed by atoms with van der Waals surface area (Å²) in [6.45, 7) is 1.35. The van der Waals surface area contributed by atoms with E-state index in [4.69, 9.17) is 5.11 Å². The molecule has 0 fully saturated rings. The third-order valence-electron chi connectivity index (χ3n) is 3.10. The third kappa shape index (κ3) is 3.16. The van der Waals surface area contributed by atoms with E-state index in [1.165, 1.54) is 6.92 Å². The minimum Gasteiger partial charge on any atom is -0.450 e. The molecule has 0 aliphatic heterocycles. The van der Waals surface area contributed by atoms with E-state index in [1.54, 1.807) is 0 Å². The van der Waals surface area contributed by atoms with Crippen molar-refractivity contribution in [1.29, 1.82) is 0 Å². The van der Waals surface area contributed by atoms with Crippen molar-refractivity contribution in [2.45, 2.75) is 18.6 Å². The van der Waals surface area contributed by atoms with Crippen molar-refractivity contribution in [2.75, 3.05) is 0 Å². The van der Waals surface area contributed by atoms with Crippen molar-refractivity contribution in [1.82, 2.24) is 0 Å². The summed E-state index contributed by atoms with van der Waals surface area (Å²) in [7, 11) is 0. The molecule has 2 rings (SSSR count). The van der Waals surface area contributed by atoms with E-state index in [0.717, 1.165) is 11.1 Å². The first-order chi connectivity index (χ1) is 9.50. The molecule has 0 heterocycles. The lowest BCUT2D eigenvalue weighted by atomic mass is 9.85. The summed E-state index contributed by atoms with van der Waals surface area (Å²) < 4.78 is 4.68. The lowest BCUT2D eigenvalue weighted by Gasteiger charge is -2.32. The van der Waals surface area contributed by atoms with Crippen LogP contribution in [0.2, 0.25) is 0 Å². The van der Waals surface area contributed by atoms with Gasteiger partial charge in [0.25, 0.3) is 0 Å². The minimum atomic E-state index is -1.85. The predicted molar refractivity (Wildman–Crippen MR) is 74.5 cm³/mol. The highest BCUT2D eigenvalue weighted by atomic mass is 16.7. The monoisotopic (exact) mass is 272 g/mol. The van der Waals surface area contributed by atoms with Crippen molar-refractivity contribution in [3.05, 3.63) is 71.8 Å². The maximum atomic E-state index is 10.8. The number of hydrogen-bond donors (Lipinski definition) is 2. The molecule has 0 amide bonds. The van der Waals surface area contributed by atoms with Gasteiger partial charge in [0.1, 0.15) is 0 Å². The molecule has 4 heteroatoms. The molecule has 0 saturated carbocycles. The summed E-state index contributed by atoms with van der Waals surface area (Å²) in [6, 6.07) is 18.4. The van der Waals surface area contributed by atoms with Gasteiger partial charge in [0.2, 0.25) is 5.79 Å². The summed E-state index contributed by atoms with van der Waals surface area (Å²) in [4.78, 5) is 10.8. The van der Waals surface area contributed by atoms with Crippen molar-refractivity contribution in [3.8, 4) is 0 Å². The first-order valence-electron chi connectivity index (χ1n) is 6.25. The van der Waals surface area contributed by atoms with Gasteiger partial charge in [-0.3, -0.25) is 0 Å². The molecule has 0 aromatic heterocycles. The van der Waals surface area contributed by atoms with E-state index in [9.17, 15) is 9.90 Å². The van der Waals surface area contributed by atoms with Crippen LogP contribution in [0.25, 0.3) is 0 Å². The molecule has 2 aromatic rings. The quantitative estimate of drug-likeness (QED) is 0.662. The van der Waals surface area contributed by atoms with Gasteiger partial charge in [-0.05, 0) is 11.1 Å². The number of hydrogen-bond acceptors (Lipinski definition) is 3. The van der Waals surface area contributed by atoms with Gasteiger partial charge in [-0.15, -0.1) is 0 Å². The molecule has 20 heavy (non-hydrogen) atoms. The molecule has 2 aromatic carbocycles. The molecule has 104 valence electrons. The van der Waals surface area contributed by atoms with Crippen LogP contribution in [-0.2, 0) is 4.74 Å². The van der Waals surface area contributed by atoms with Crippen LogP contribution in [0.5, 0.6) is 0 Å². The molecule has 0 aliphatic rings. The third-order valence-corrected chi connectivity index (χ3v) is 3.10. The highest BCUT2D eigenvalue weighted by molar-refractivity contribution is 5.57. The highest BCUT2D eigenvalue weighted by Crippen LogP contribution is 2.35. The van der Waals surface area contributed by atoms with Gasteiger partial charge in [0, 0.05) is 6.92 Å². The van der Waals surface area contributed by atoms with Gasteiger partial charge in [-0.25, -0.2) is 4.79 Å². The second-order valence-electron chi connectivity index (χ2n) is 4.68. The molecule has 0 spiro atoms. The number of rotatable bonds is 4. The Labute approximate surface area is 117 Å². The van der Waals surface area contributed by atoms with Crippen LogP contribution in [-0.4, -0.2) is 22.2 Å². The molecule has 4 nitrogen and oxygen atoms in total. The SMILES string of the molecule is CC(O)(OC(=O)O)C(c1ccccc1)c1ccccc1. The molecule has 0 bridgehead atoms. The second kappa shape index (κ2) is 5.75. The van der Waals surface area contributed by atoms with E-state index < -0.39 is 17.9 Å². The number of ether oxygens (including phenoxy) is 1. The first-order valence-corrected chi connectivity index (χ1v) is 6.25. The average molecular weight is 272 g/mol. The number of benzene rings is 2. The van der Waals surface area contributed by atoms with Crippen LogP contribution >= 0.6 is 0 Å². The smallest absolute Gasteiger partial charge is 0.450 e. The van der Waals surface area contributed by atoms with Crippen LogP contribution in [0.3, 0.4) is 0 Å². The Bertz CT molecular complexity index is 524. The van der Waals surface area contributed by atoms with E-state index in [2.05, 4.69) is 4.74 Å². The normalized spacial score (nSPS) is 13.8. The zero-order valence-corrected chi connectivity index (χ0v) is 11.1. The van der Waals surface area contributed by atoms with Gasteiger partial charge in [0.15, 0.2) is 0 Å². The van der Waals surface area contributed by atoms with Crippen LogP contribution in [0.15, 0.2) is 60.7 Å². The molecule has 0 radical (unpaired) electrons. The fourth-order valence-electron chi connectivity index (χ4n) is 2.34. The lowest BCUT2D eigenvalue weighted by Crippen LogP contribution is -2.38. The summed E-state index contributed by atoms with van der Waals surface area (Å²) in [6.07, 6.45) is -1.51. The Kier molecular flexibility index (Phi) is 4.05. The highest BCUT2D eigenvalue weighted by Gasteiger charge is 2.38. The molecule has 0 saturated heterocycles. The molecule has 2 N–H and O–H groups in total. The van der Waals surface area contributed by atoms with Crippen molar-refractivity contribution < 1.29 is 19.7 Å². The Morgan fingerprint density at radius 3 is 1.75 bits per heavy atom. The first kappa shape index (κ1) is 14.1. The summed E-state index contributed by atoms with van der Waals surface area (Å²) >= 11 is 0. The van der Waals surface area contributed by atoms with Gasteiger partial charge in [-0.1, -0.05) is 60.7 Å². The van der Waals surface area contributed by atoms with E-state index in [-0.39, 0.29) is 0 Å². The topological polar surface area (TPSA) is 66.8 Å². The number of carboxylic acid groups (broad SMARTS) is 1. The van der Waals surface area contributed by atoms with E-state index in [1.807, 2.05) is 60.7 Å². The van der Waals surface area contributed by atoms with Gasteiger partial charge < -0.3 is 14.9 Å². The van der Waals surface area contributed by atoms with Crippen LogP contribution in [0.4, 0.5) is 4.79 Å². The zero-order chi connectivity index (χ0) is 14.6. The van der Waals surface area contributed by atoms with Crippen molar-refractivity contribution in [2.24, 2.45) is 0 Å². The van der Waals surface area contributed by atoms with Crippen molar-refractivity contribution >= 4 is 6.16 Å². The van der Waals surface area contributed by atoms with Gasteiger partial charge in [0.05, 0.1) is 5.92 Å².